The summed E-state index contributed by atoms with van der Waals surface area (Å²) in [4.78, 5) is 65.6. The molecule has 1 aliphatic heterocycles. The molecule has 15 unspecified atom stereocenters. The van der Waals surface area contributed by atoms with Crippen LogP contribution < -0.4 is 0 Å². The summed E-state index contributed by atoms with van der Waals surface area (Å²) < 4.78 is 91.2. The van der Waals surface area contributed by atoms with E-state index in [1.165, 1.54) is 0 Å². The zero-order valence-electron chi connectivity index (χ0n) is 29.9. The molecule has 0 amide bonds. The third-order valence-electron chi connectivity index (χ3n) is 16.4. The van der Waals surface area contributed by atoms with E-state index < -0.39 is 61.7 Å². The number of alkyl halides is 2. The van der Waals surface area contributed by atoms with Crippen LogP contribution in [0, 0.1) is 64.1 Å². The van der Waals surface area contributed by atoms with E-state index in [4.69, 9.17) is 28.2 Å². The largest absolute Gasteiger partial charge is 0.465 e. The highest BCUT2D eigenvalue weighted by Gasteiger charge is 2.76. The minimum absolute atomic E-state index is 0.0296. The predicted molar refractivity (Wildman–Crippen MR) is 175 cm³/mol. The van der Waals surface area contributed by atoms with E-state index in [0.29, 0.717) is 57.3 Å². The van der Waals surface area contributed by atoms with Crippen LogP contribution in [0.15, 0.2) is 0 Å². The lowest BCUT2D eigenvalue weighted by Crippen LogP contribution is -2.62. The van der Waals surface area contributed by atoms with Crippen LogP contribution in [-0.4, -0.2) is 84.5 Å². The molecule has 0 aromatic rings. The quantitative estimate of drug-likeness (QED) is 0.202. The Balaban J connectivity index is 0.878. The van der Waals surface area contributed by atoms with Crippen molar-refractivity contribution in [2.45, 2.75) is 125 Å². The molecule has 1 heterocycles. The molecule has 10 rings (SSSR count). The zero-order valence-corrected chi connectivity index (χ0v) is 30.7. The lowest BCUT2D eigenvalue weighted by Gasteiger charge is -2.55. The third kappa shape index (κ3) is 4.74. The van der Waals surface area contributed by atoms with Gasteiger partial charge in [0.2, 0.25) is 0 Å². The smallest absolute Gasteiger partial charge is 0.462 e. The fraction of sp³-hybridized carbons (Fsp3) is 0.868. The summed E-state index contributed by atoms with van der Waals surface area (Å²) in [5.41, 5.74) is -2.87. The van der Waals surface area contributed by atoms with E-state index in [9.17, 15) is 41.2 Å². The first-order valence-corrected chi connectivity index (χ1v) is 21.3. The van der Waals surface area contributed by atoms with Gasteiger partial charge in [-0.15, -0.1) is 0 Å². The van der Waals surface area contributed by atoms with Crippen molar-refractivity contribution < 1.29 is 69.4 Å². The molecular formula is C38H46F2O13S. The SMILES string of the molecule is O=C1C2CCCC3(C(=O)OCC4OC5(OC4COC(=O)C46CC7CCC(=O)C(C4)C6C7)C4CCCC6(OC(=O)C(F)(F)S(=O)(=O)O)CC4C5C6)CC1C2C3. The van der Waals surface area contributed by atoms with Gasteiger partial charge in [-0.2, -0.15) is 17.2 Å². The van der Waals surface area contributed by atoms with Crippen molar-refractivity contribution in [2.75, 3.05) is 13.2 Å². The van der Waals surface area contributed by atoms with Crippen molar-refractivity contribution in [1.82, 2.24) is 0 Å². The topological polar surface area (TPSA) is 186 Å². The monoisotopic (exact) mass is 780 g/mol. The first kappa shape index (κ1) is 35.8. The summed E-state index contributed by atoms with van der Waals surface area (Å²) in [6, 6.07) is 0. The van der Waals surface area contributed by atoms with Crippen molar-refractivity contribution in [2.24, 2.45) is 64.1 Å². The second kappa shape index (κ2) is 11.5. The molecule has 9 aliphatic carbocycles. The van der Waals surface area contributed by atoms with E-state index in [-0.39, 0.29) is 97.4 Å². The Kier molecular flexibility index (Phi) is 7.64. The maximum Gasteiger partial charge on any atom is 0.465 e. The van der Waals surface area contributed by atoms with Crippen LogP contribution in [0.1, 0.15) is 96.3 Å². The molecule has 9 saturated carbocycles. The Bertz CT molecular complexity index is 1840. The molecule has 6 bridgehead atoms. The molecule has 296 valence electrons. The minimum atomic E-state index is -6.06. The van der Waals surface area contributed by atoms with Crippen molar-refractivity contribution in [1.29, 1.82) is 0 Å². The highest BCUT2D eigenvalue weighted by Crippen LogP contribution is 2.70. The van der Waals surface area contributed by atoms with Crippen LogP contribution in [0.2, 0.25) is 0 Å². The van der Waals surface area contributed by atoms with Gasteiger partial charge < -0.3 is 23.7 Å². The van der Waals surface area contributed by atoms with E-state index in [1.807, 2.05) is 0 Å². The van der Waals surface area contributed by atoms with Gasteiger partial charge in [0, 0.05) is 36.0 Å². The average Bonchev–Trinajstić information content (AvgIpc) is 3.73. The van der Waals surface area contributed by atoms with E-state index in [1.54, 1.807) is 0 Å². The number of fused-ring (bicyclic) bond motifs is 5. The molecule has 1 spiro atoms. The van der Waals surface area contributed by atoms with Gasteiger partial charge >= 0.3 is 33.3 Å². The van der Waals surface area contributed by atoms with Crippen LogP contribution in [0.5, 0.6) is 0 Å². The minimum Gasteiger partial charge on any atom is -0.462 e. The third-order valence-corrected chi connectivity index (χ3v) is 17.2. The maximum atomic E-state index is 14.3. The van der Waals surface area contributed by atoms with Crippen molar-refractivity contribution in [3.8, 4) is 0 Å². The molecule has 54 heavy (non-hydrogen) atoms. The highest BCUT2D eigenvalue weighted by molar-refractivity contribution is 7.87. The van der Waals surface area contributed by atoms with Crippen molar-refractivity contribution in [3.05, 3.63) is 0 Å². The molecule has 10 aliphatic rings. The summed E-state index contributed by atoms with van der Waals surface area (Å²) in [5.74, 6) is -4.45. The number of carbonyl (C=O) groups excluding carboxylic acids is 5. The number of rotatable bonds is 9. The molecule has 1 saturated heterocycles. The normalized spacial score (nSPS) is 49.2. The number of hydrogen-bond acceptors (Lipinski definition) is 12. The van der Waals surface area contributed by atoms with Gasteiger partial charge in [0.1, 0.15) is 42.6 Å². The maximum absolute atomic E-state index is 14.3. The molecular weight excluding hydrogens is 734 g/mol. The van der Waals surface area contributed by atoms with Crippen LogP contribution in [0.3, 0.4) is 0 Å². The fourth-order valence-electron chi connectivity index (χ4n) is 13.9. The number of halogens is 2. The zero-order chi connectivity index (χ0) is 37.8. The number of carbonyl (C=O) groups is 5. The summed E-state index contributed by atoms with van der Waals surface area (Å²) in [7, 11) is -6.06. The van der Waals surface area contributed by atoms with Gasteiger partial charge in [-0.05, 0) is 107 Å². The number of Topliss-reactive ketones (excluding diaryl/α,β-unsaturated/α-hetero) is 2. The van der Waals surface area contributed by atoms with Gasteiger partial charge in [0.05, 0.1) is 10.8 Å². The second-order valence-electron chi connectivity index (χ2n) is 18.7. The van der Waals surface area contributed by atoms with Crippen molar-refractivity contribution >= 4 is 39.6 Å². The molecule has 13 nitrogen and oxygen atoms in total. The number of ketones is 2. The second-order valence-corrected chi connectivity index (χ2v) is 20.2. The summed E-state index contributed by atoms with van der Waals surface area (Å²) >= 11 is 0. The van der Waals surface area contributed by atoms with Gasteiger partial charge in [0.25, 0.3) is 0 Å². The van der Waals surface area contributed by atoms with E-state index in [2.05, 4.69) is 0 Å². The summed E-state index contributed by atoms with van der Waals surface area (Å²) in [6.07, 6.45) is 6.31. The van der Waals surface area contributed by atoms with E-state index in [0.717, 1.165) is 25.7 Å². The first-order chi connectivity index (χ1) is 25.5. The van der Waals surface area contributed by atoms with Gasteiger partial charge in [-0.25, -0.2) is 4.79 Å². The standard InChI is InChI=1S/C38H46F2O13S/c39-38(40,54(46,47)48)33(45)53-35-8-2-4-24-22(13-35)26(15-35)37(24)51-28(16-49-31(43)34-7-1-3-19-20(11-34)21(12-34)30(19)42)29(52-37)17-50-32(44)36-10-18-5-6-27(41)23(14-36)25(36)9-18/h18-26,28-29H,1-17H2,(H,46,47,48). The average molecular weight is 781 g/mol. The predicted octanol–water partition coefficient (Wildman–Crippen LogP) is 3.95. The lowest BCUT2D eigenvalue weighted by molar-refractivity contribution is -0.327. The Morgan fingerprint density at radius 2 is 1.52 bits per heavy atom. The Morgan fingerprint density at radius 1 is 0.796 bits per heavy atom. The molecule has 0 aromatic heterocycles. The van der Waals surface area contributed by atoms with Crippen LogP contribution in [0.4, 0.5) is 8.78 Å². The Morgan fingerprint density at radius 3 is 2.26 bits per heavy atom. The Labute approximate surface area is 311 Å². The Hall–Kier alpha value is -2.56. The van der Waals surface area contributed by atoms with Gasteiger partial charge in [0.15, 0.2) is 5.79 Å². The molecule has 15 atom stereocenters. The van der Waals surface area contributed by atoms with E-state index >= 15 is 0 Å². The molecule has 10 fully saturated rings. The number of ether oxygens (including phenoxy) is 5. The summed E-state index contributed by atoms with van der Waals surface area (Å²) in [5, 5.41) is -5.13. The van der Waals surface area contributed by atoms with Crippen molar-refractivity contribution in [3.63, 3.8) is 0 Å². The molecule has 0 aromatic carbocycles. The van der Waals surface area contributed by atoms with Crippen LogP contribution >= 0.6 is 0 Å². The highest BCUT2D eigenvalue weighted by atomic mass is 32.2. The van der Waals surface area contributed by atoms with Gasteiger partial charge in [-0.3, -0.25) is 23.7 Å². The fourth-order valence-corrected chi connectivity index (χ4v) is 14.2. The molecule has 1 N–H and O–H groups in total. The lowest BCUT2D eigenvalue weighted by atomic mass is 9.53. The number of esters is 3. The molecule has 0 radical (unpaired) electrons. The first-order valence-electron chi connectivity index (χ1n) is 19.9. The number of hydrogen-bond donors (Lipinski definition) is 1. The molecule has 16 heteroatoms. The van der Waals surface area contributed by atoms with Crippen LogP contribution in [0.25, 0.3) is 0 Å². The van der Waals surface area contributed by atoms with Crippen LogP contribution in [-0.2, 0) is 57.8 Å². The summed E-state index contributed by atoms with van der Waals surface area (Å²) in [6.45, 7) is -0.397. The van der Waals surface area contributed by atoms with Gasteiger partial charge in [-0.1, -0.05) is 6.42 Å².